The minimum Gasteiger partial charge on any atom is -0.475 e. The van der Waals surface area contributed by atoms with Crippen molar-refractivity contribution >= 4 is 27.8 Å². The fraction of sp³-hybridized carbons (Fsp3) is 0.415. The number of aliphatic imine (C=N–C) groups is 1. The molecule has 240 valence electrons. The van der Waals surface area contributed by atoms with Gasteiger partial charge in [0.15, 0.2) is 0 Å². The first-order valence-corrected chi connectivity index (χ1v) is 16.4. The van der Waals surface area contributed by atoms with Crippen molar-refractivity contribution in [2.45, 2.75) is 99.5 Å². The monoisotopic (exact) mass is 615 g/mol. The number of benzene rings is 3. The molecule has 0 bridgehead atoms. The molecule has 0 spiro atoms. The van der Waals surface area contributed by atoms with Crippen LogP contribution in [-0.4, -0.2) is 27.6 Å². The van der Waals surface area contributed by atoms with Gasteiger partial charge in [-0.1, -0.05) is 68.4 Å². The second kappa shape index (κ2) is 10.7. The number of aryl methyl sites for hydroxylation is 2. The summed E-state index contributed by atoms with van der Waals surface area (Å²) in [5.74, 6) is 2.22. The van der Waals surface area contributed by atoms with Crippen molar-refractivity contribution in [1.29, 1.82) is 0 Å². The number of hydrogen-bond donors (Lipinski definition) is 0. The standard InChI is InChI=1S/C41H49N3O2/c1-25-17-30(44-34-14-13-28(38(3,4)5)22-33(34)35-26(2)15-16-42-36(35)44)23-31(18-25)46-32-20-27(19-29(21-32)39(6,7)8)37-43-41(12,24-45-37)40(9,10)11/h13-23H,24H2,1-12H3/t41-/m0/s1. The van der Waals surface area contributed by atoms with Gasteiger partial charge in [-0.15, -0.1) is 0 Å². The Bertz CT molecular complexity index is 2010. The number of nitrogens with zero attached hydrogens (tertiary/aromatic N) is 3. The van der Waals surface area contributed by atoms with Gasteiger partial charge in [0, 0.05) is 28.6 Å². The van der Waals surface area contributed by atoms with Crippen LogP contribution in [0.15, 0.2) is 71.9 Å². The van der Waals surface area contributed by atoms with Gasteiger partial charge >= 0.3 is 0 Å². The number of hydrogen-bond acceptors (Lipinski definition) is 4. The summed E-state index contributed by atoms with van der Waals surface area (Å²) >= 11 is 0. The number of pyridine rings is 1. The second-order valence-electron chi connectivity index (χ2n) is 16.5. The fourth-order valence-electron chi connectivity index (χ4n) is 6.12. The molecule has 2 aromatic heterocycles. The summed E-state index contributed by atoms with van der Waals surface area (Å²) in [6.07, 6.45) is 1.91. The van der Waals surface area contributed by atoms with Crippen molar-refractivity contribution in [2.24, 2.45) is 10.4 Å². The minimum absolute atomic E-state index is 0.0256. The maximum Gasteiger partial charge on any atom is 0.216 e. The maximum atomic E-state index is 6.72. The van der Waals surface area contributed by atoms with Crippen molar-refractivity contribution < 1.29 is 9.47 Å². The third kappa shape index (κ3) is 5.70. The third-order valence-electron chi connectivity index (χ3n) is 9.73. The zero-order valence-electron chi connectivity index (χ0n) is 29.7. The molecule has 1 aliphatic rings. The molecule has 0 N–H and O–H groups in total. The van der Waals surface area contributed by atoms with Crippen LogP contribution < -0.4 is 4.74 Å². The molecular formula is C41H49N3O2. The van der Waals surface area contributed by atoms with E-state index in [0.29, 0.717) is 12.5 Å². The summed E-state index contributed by atoms with van der Waals surface area (Å²) in [6, 6.07) is 21.8. The van der Waals surface area contributed by atoms with E-state index in [2.05, 4.69) is 148 Å². The van der Waals surface area contributed by atoms with Crippen LogP contribution in [0, 0.1) is 19.3 Å². The van der Waals surface area contributed by atoms with Crippen molar-refractivity contribution in [3.63, 3.8) is 0 Å². The highest BCUT2D eigenvalue weighted by molar-refractivity contribution is 6.09. The summed E-state index contributed by atoms with van der Waals surface area (Å²) in [5.41, 5.74) is 8.49. The topological polar surface area (TPSA) is 48.6 Å². The molecule has 1 aliphatic heterocycles. The number of ether oxygens (including phenoxy) is 2. The first-order valence-electron chi connectivity index (χ1n) is 16.4. The first-order chi connectivity index (χ1) is 21.3. The Morgan fingerprint density at radius 2 is 1.48 bits per heavy atom. The average Bonchev–Trinajstić information content (AvgIpc) is 3.51. The number of aromatic nitrogens is 2. The van der Waals surface area contributed by atoms with Gasteiger partial charge in [0.25, 0.3) is 0 Å². The Kier molecular flexibility index (Phi) is 7.42. The molecule has 3 aromatic carbocycles. The molecule has 3 heterocycles. The lowest BCUT2D eigenvalue weighted by Crippen LogP contribution is -2.39. The van der Waals surface area contributed by atoms with E-state index >= 15 is 0 Å². The summed E-state index contributed by atoms with van der Waals surface area (Å²) in [4.78, 5) is 10.0. The van der Waals surface area contributed by atoms with Crippen molar-refractivity contribution in [1.82, 2.24) is 9.55 Å². The van der Waals surface area contributed by atoms with E-state index in [9.17, 15) is 0 Å². The molecule has 46 heavy (non-hydrogen) atoms. The van der Waals surface area contributed by atoms with E-state index in [1.54, 1.807) is 0 Å². The van der Waals surface area contributed by atoms with Gasteiger partial charge in [0.05, 0.1) is 11.2 Å². The predicted octanol–water partition coefficient (Wildman–Crippen LogP) is 10.8. The van der Waals surface area contributed by atoms with E-state index in [1.165, 1.54) is 27.5 Å². The molecular weight excluding hydrogens is 566 g/mol. The van der Waals surface area contributed by atoms with Crippen LogP contribution in [-0.2, 0) is 15.6 Å². The minimum atomic E-state index is -0.297. The molecule has 0 unspecified atom stereocenters. The molecule has 0 saturated carbocycles. The molecule has 0 fully saturated rings. The molecule has 0 amide bonds. The molecule has 5 nitrogen and oxygen atoms in total. The normalized spacial score (nSPS) is 17.4. The quantitative estimate of drug-likeness (QED) is 0.202. The fourth-order valence-corrected chi connectivity index (χ4v) is 6.12. The van der Waals surface area contributed by atoms with Crippen molar-refractivity contribution in [2.75, 3.05) is 6.61 Å². The van der Waals surface area contributed by atoms with E-state index in [0.717, 1.165) is 39.5 Å². The van der Waals surface area contributed by atoms with Gasteiger partial charge in [0.2, 0.25) is 5.90 Å². The molecule has 6 rings (SSSR count). The zero-order valence-corrected chi connectivity index (χ0v) is 29.7. The molecule has 0 radical (unpaired) electrons. The average molecular weight is 616 g/mol. The van der Waals surface area contributed by atoms with E-state index in [1.807, 2.05) is 6.20 Å². The van der Waals surface area contributed by atoms with Gasteiger partial charge < -0.3 is 9.47 Å². The van der Waals surface area contributed by atoms with Crippen LogP contribution in [0.1, 0.15) is 97.1 Å². The molecule has 0 aliphatic carbocycles. The number of rotatable bonds is 4. The van der Waals surface area contributed by atoms with Gasteiger partial charge in [0.1, 0.15) is 29.3 Å². The summed E-state index contributed by atoms with van der Waals surface area (Å²) in [7, 11) is 0. The van der Waals surface area contributed by atoms with Crippen LogP contribution in [0.4, 0.5) is 0 Å². The van der Waals surface area contributed by atoms with Crippen LogP contribution in [0.3, 0.4) is 0 Å². The first kappa shape index (κ1) is 31.8. The Morgan fingerprint density at radius 1 is 0.783 bits per heavy atom. The SMILES string of the molecule is Cc1cc(Oc2cc(C3=N[C@](C)(C(C)(C)C)CO3)cc(C(C)(C)C)c2)cc(-n2c3ccc(C(C)(C)C)cc3c3c(C)ccnc32)c1. The number of fused-ring (bicyclic) bond motifs is 3. The largest absolute Gasteiger partial charge is 0.475 e. The summed E-state index contributed by atoms with van der Waals surface area (Å²) in [5, 5.41) is 2.41. The van der Waals surface area contributed by atoms with E-state index in [-0.39, 0.29) is 21.8 Å². The van der Waals surface area contributed by atoms with Crippen molar-refractivity contribution in [3.05, 3.63) is 94.7 Å². The zero-order chi connectivity index (χ0) is 33.4. The van der Waals surface area contributed by atoms with Crippen LogP contribution in [0.5, 0.6) is 11.5 Å². The Hall–Kier alpha value is -4.12. The maximum absolute atomic E-state index is 6.72. The molecule has 0 saturated heterocycles. The molecule has 5 aromatic rings. The summed E-state index contributed by atoms with van der Waals surface area (Å²) in [6.45, 7) is 27.1. The smallest absolute Gasteiger partial charge is 0.216 e. The molecule has 1 atom stereocenters. The second-order valence-corrected chi connectivity index (χ2v) is 16.5. The van der Waals surface area contributed by atoms with Crippen LogP contribution in [0.2, 0.25) is 0 Å². The lowest BCUT2D eigenvalue weighted by Gasteiger charge is -2.33. The van der Waals surface area contributed by atoms with Gasteiger partial charge in [-0.25, -0.2) is 9.98 Å². The van der Waals surface area contributed by atoms with E-state index < -0.39 is 0 Å². The Balaban J connectivity index is 1.47. The van der Waals surface area contributed by atoms with Crippen LogP contribution >= 0.6 is 0 Å². The lowest BCUT2D eigenvalue weighted by atomic mass is 9.76. The molecule has 5 heteroatoms. The summed E-state index contributed by atoms with van der Waals surface area (Å²) < 4.78 is 15.2. The van der Waals surface area contributed by atoms with Gasteiger partial charge in [-0.05, 0) is 108 Å². The highest BCUT2D eigenvalue weighted by Crippen LogP contribution is 2.40. The predicted molar refractivity (Wildman–Crippen MR) is 192 cm³/mol. The van der Waals surface area contributed by atoms with Gasteiger partial charge in [-0.3, -0.25) is 4.57 Å². The van der Waals surface area contributed by atoms with E-state index in [4.69, 9.17) is 19.5 Å². The van der Waals surface area contributed by atoms with Crippen LogP contribution in [0.25, 0.3) is 27.6 Å². The third-order valence-corrected chi connectivity index (χ3v) is 9.73. The Labute approximate surface area is 274 Å². The van der Waals surface area contributed by atoms with Crippen molar-refractivity contribution in [3.8, 4) is 17.2 Å². The Morgan fingerprint density at radius 3 is 2.13 bits per heavy atom. The lowest BCUT2D eigenvalue weighted by molar-refractivity contribution is 0.154. The van der Waals surface area contributed by atoms with Gasteiger partial charge in [-0.2, -0.15) is 0 Å². The highest BCUT2D eigenvalue weighted by Gasteiger charge is 2.43. The highest BCUT2D eigenvalue weighted by atomic mass is 16.5.